The quantitative estimate of drug-likeness (QED) is 0.0117. The van der Waals surface area contributed by atoms with Gasteiger partial charge in [-0.2, -0.15) is 9.29 Å². The molecule has 0 saturated carbocycles. The average molecular weight is 1030 g/mol. The monoisotopic (exact) mass is 1030 g/mol. The molecular formula is C49H83N3O16P2. The van der Waals surface area contributed by atoms with Crippen LogP contribution in [0.4, 0.5) is 5.82 Å². The lowest BCUT2D eigenvalue weighted by Crippen LogP contribution is -2.36. The van der Waals surface area contributed by atoms with Crippen molar-refractivity contribution < 1.29 is 71.4 Å². The number of aliphatic hydroxyl groups excluding tert-OH is 3. The number of rotatable bonds is 40. The highest BCUT2D eigenvalue weighted by atomic mass is 31.3. The summed E-state index contributed by atoms with van der Waals surface area (Å²) >= 11 is 0. The Morgan fingerprint density at radius 3 is 2.10 bits per heavy atom. The third-order valence-electron chi connectivity index (χ3n) is 11.2. The highest BCUT2D eigenvalue weighted by Gasteiger charge is 2.46. The first-order valence-electron chi connectivity index (χ1n) is 25.1. The van der Waals surface area contributed by atoms with Crippen LogP contribution in [0.5, 0.6) is 0 Å². The van der Waals surface area contributed by atoms with E-state index in [9.17, 15) is 48.6 Å². The summed E-state index contributed by atoms with van der Waals surface area (Å²) in [5.41, 5.74) is 4.57. The molecule has 2 rings (SSSR count). The Morgan fingerprint density at radius 1 is 0.800 bits per heavy atom. The molecule has 0 bridgehead atoms. The van der Waals surface area contributed by atoms with Crippen molar-refractivity contribution in [2.75, 3.05) is 25.6 Å². The minimum absolute atomic E-state index is 0.0850. The number of anilines is 1. The standard InChI is InChI=1S/C49H83N3O16P2/c1-4-5-6-7-8-12-16-20-25-30-40(53)31-26-21-18-23-28-33-45(55)66-41(36-63-44(54)32-27-22-17-14-11-9-10-13-15-19-24-29-39(2)3)37-64-69(59,60)68-70(61,62)65-38-42-46(56)47(57)48(67-42)52-35-34-43(50)51-49(52)58/h8,12,18,20-21,25-26,31,34-35,39-42,46-48,53,56-57H,4-7,9-11,13-17,19,22-24,27-30,32-33,36-38H2,1-3H3,(H,59,60)(H,61,62)(H2,50,51,58)/b12-8-,21-18+,25-20-,31-26-/t40?,41-,42-,46-,47-,48-/m1/s1. The molecule has 3 unspecified atom stereocenters. The van der Waals surface area contributed by atoms with E-state index in [1.807, 2.05) is 18.2 Å². The van der Waals surface area contributed by atoms with E-state index in [4.69, 9.17) is 29.0 Å². The third kappa shape index (κ3) is 29.9. The van der Waals surface area contributed by atoms with E-state index in [1.165, 1.54) is 70.3 Å². The number of carbonyl (C=O) groups is 2. The normalized spacial score (nSPS) is 20.2. The number of unbranched alkanes of at least 4 members (excludes halogenated alkanes) is 14. The smallest absolute Gasteiger partial charge is 0.462 e. The number of nitrogen functional groups attached to an aromatic ring is 1. The van der Waals surface area contributed by atoms with Crippen LogP contribution < -0.4 is 11.4 Å². The maximum atomic E-state index is 12.8. The molecule has 0 spiro atoms. The Hall–Kier alpha value is -3.32. The van der Waals surface area contributed by atoms with Gasteiger partial charge in [0.15, 0.2) is 12.3 Å². The van der Waals surface area contributed by atoms with Crippen molar-refractivity contribution in [3.63, 3.8) is 0 Å². The molecule has 1 fully saturated rings. The molecule has 1 aromatic rings. The fourth-order valence-corrected chi connectivity index (χ4v) is 9.33. The van der Waals surface area contributed by atoms with Gasteiger partial charge in [0.1, 0.15) is 30.7 Å². The largest absolute Gasteiger partial charge is 0.481 e. The van der Waals surface area contributed by atoms with Crippen LogP contribution >= 0.6 is 15.6 Å². The van der Waals surface area contributed by atoms with Crippen molar-refractivity contribution in [1.82, 2.24) is 9.55 Å². The second-order valence-electron chi connectivity index (χ2n) is 18.0. The van der Waals surface area contributed by atoms with Gasteiger partial charge in [0.2, 0.25) is 0 Å². The van der Waals surface area contributed by atoms with Crippen molar-refractivity contribution >= 4 is 33.4 Å². The average Bonchev–Trinajstić information content (AvgIpc) is 3.58. The van der Waals surface area contributed by atoms with Crippen LogP contribution in [-0.4, -0.2) is 96.9 Å². The number of aromatic nitrogens is 2. The highest BCUT2D eigenvalue weighted by Crippen LogP contribution is 2.60. The summed E-state index contributed by atoms with van der Waals surface area (Å²) in [6.45, 7) is 4.27. The van der Waals surface area contributed by atoms with E-state index in [0.29, 0.717) is 25.7 Å². The number of phosphoric ester groups is 2. The number of hydrogen-bond donors (Lipinski definition) is 6. The number of hydrogen-bond acceptors (Lipinski definition) is 16. The van der Waals surface area contributed by atoms with Crippen LogP contribution in [0, 0.1) is 5.92 Å². The van der Waals surface area contributed by atoms with Crippen LogP contribution in [0.3, 0.4) is 0 Å². The predicted molar refractivity (Wildman–Crippen MR) is 267 cm³/mol. The molecule has 21 heteroatoms. The van der Waals surface area contributed by atoms with Gasteiger partial charge >= 0.3 is 33.3 Å². The number of ether oxygens (including phenoxy) is 3. The Balaban J connectivity index is 1.86. The lowest BCUT2D eigenvalue weighted by atomic mass is 10.0. The zero-order valence-corrected chi connectivity index (χ0v) is 43.4. The van der Waals surface area contributed by atoms with Crippen LogP contribution in [0.2, 0.25) is 0 Å². The van der Waals surface area contributed by atoms with Gasteiger partial charge in [-0.15, -0.1) is 0 Å². The number of nitrogens with zero attached hydrogens (tertiary/aromatic N) is 2. The van der Waals surface area contributed by atoms with E-state index < -0.39 is 89.8 Å². The summed E-state index contributed by atoms with van der Waals surface area (Å²) in [5, 5.41) is 31.1. The maximum Gasteiger partial charge on any atom is 0.481 e. The summed E-state index contributed by atoms with van der Waals surface area (Å²) in [5.74, 6) is -0.675. The molecule has 0 aliphatic carbocycles. The van der Waals surface area contributed by atoms with Crippen molar-refractivity contribution in [3.8, 4) is 0 Å². The van der Waals surface area contributed by atoms with E-state index in [2.05, 4.69) is 42.2 Å². The minimum Gasteiger partial charge on any atom is -0.462 e. The van der Waals surface area contributed by atoms with Gasteiger partial charge in [-0.05, 0) is 56.9 Å². The molecule has 0 radical (unpaired) electrons. The molecule has 400 valence electrons. The number of carbonyl (C=O) groups excluding carboxylic acids is 2. The maximum absolute atomic E-state index is 12.8. The van der Waals surface area contributed by atoms with Gasteiger partial charge in [0.05, 0.1) is 19.3 Å². The predicted octanol–water partition coefficient (Wildman–Crippen LogP) is 8.99. The molecule has 70 heavy (non-hydrogen) atoms. The van der Waals surface area contributed by atoms with Crippen LogP contribution in [0.15, 0.2) is 65.7 Å². The lowest BCUT2D eigenvalue weighted by Gasteiger charge is -2.21. The highest BCUT2D eigenvalue weighted by molar-refractivity contribution is 7.61. The SMILES string of the molecule is CCCCC/C=C\C/C=C\CC(O)/C=C\C=C\CCCC(=O)O[C@H](COC(=O)CCCCCCCCCCCCCC(C)C)COP(=O)(O)OP(=O)(O)OC[C@H]1O[C@@H](n2ccc(N)nc2=O)[C@H](O)[C@@H]1O. The fraction of sp³-hybridized carbons (Fsp3) is 0.714. The molecule has 19 nitrogen and oxygen atoms in total. The van der Waals surface area contributed by atoms with Crippen LogP contribution in [0.1, 0.15) is 168 Å². The molecule has 1 aromatic heterocycles. The molecule has 0 aromatic carbocycles. The number of allylic oxidation sites excluding steroid dienone is 6. The number of nitrogens with two attached hydrogens (primary N) is 1. The van der Waals surface area contributed by atoms with E-state index in [0.717, 1.165) is 55.2 Å². The first-order chi connectivity index (χ1) is 33.4. The van der Waals surface area contributed by atoms with Gasteiger partial charge in [-0.25, -0.2) is 13.9 Å². The van der Waals surface area contributed by atoms with E-state index >= 15 is 0 Å². The van der Waals surface area contributed by atoms with Gasteiger partial charge in [0.25, 0.3) is 0 Å². The van der Waals surface area contributed by atoms with Crippen LogP contribution in [0.25, 0.3) is 0 Å². The summed E-state index contributed by atoms with van der Waals surface area (Å²) in [7, 11) is -10.9. The van der Waals surface area contributed by atoms with Gasteiger partial charge in [-0.3, -0.25) is 23.2 Å². The molecule has 1 aliphatic rings. The second kappa shape index (κ2) is 36.6. The summed E-state index contributed by atoms with van der Waals surface area (Å²) in [6.07, 6.45) is 28.1. The molecule has 2 heterocycles. The van der Waals surface area contributed by atoms with E-state index in [-0.39, 0.29) is 18.7 Å². The Kier molecular flexibility index (Phi) is 32.8. The fourth-order valence-electron chi connectivity index (χ4n) is 7.22. The Bertz CT molecular complexity index is 1890. The van der Waals surface area contributed by atoms with Crippen LogP contribution in [-0.2, 0) is 46.3 Å². The number of aliphatic hydroxyl groups is 3. The second-order valence-corrected chi connectivity index (χ2v) is 21.0. The van der Waals surface area contributed by atoms with Gasteiger partial charge < -0.3 is 45.1 Å². The molecule has 1 aliphatic heterocycles. The first-order valence-corrected chi connectivity index (χ1v) is 28.1. The molecule has 7 N–H and O–H groups in total. The first kappa shape index (κ1) is 62.8. The molecule has 1 saturated heterocycles. The Morgan fingerprint density at radius 2 is 1.43 bits per heavy atom. The summed E-state index contributed by atoms with van der Waals surface area (Å²) < 4.78 is 56.6. The third-order valence-corrected chi connectivity index (χ3v) is 13.8. The van der Waals surface area contributed by atoms with Crippen molar-refractivity contribution in [2.45, 2.75) is 199 Å². The Labute approximate surface area is 414 Å². The van der Waals surface area contributed by atoms with E-state index in [1.54, 1.807) is 18.2 Å². The molecular weight excluding hydrogens is 948 g/mol. The van der Waals surface area contributed by atoms with Crippen molar-refractivity contribution in [1.29, 1.82) is 0 Å². The molecule has 8 atom stereocenters. The lowest BCUT2D eigenvalue weighted by molar-refractivity contribution is -0.161. The zero-order valence-electron chi connectivity index (χ0n) is 41.6. The number of esters is 2. The minimum atomic E-state index is -5.45. The topological polar surface area (TPSA) is 286 Å². The van der Waals surface area contributed by atoms with Gasteiger partial charge in [0, 0.05) is 19.0 Å². The summed E-state index contributed by atoms with van der Waals surface area (Å²) in [4.78, 5) is 61.8. The van der Waals surface area contributed by atoms with Crippen molar-refractivity contribution in [2.24, 2.45) is 5.92 Å². The van der Waals surface area contributed by atoms with Gasteiger partial charge in [-0.1, -0.05) is 153 Å². The summed E-state index contributed by atoms with van der Waals surface area (Å²) in [6, 6.07) is 1.24. The zero-order chi connectivity index (χ0) is 51.6. The molecule has 0 amide bonds. The van der Waals surface area contributed by atoms with Crippen molar-refractivity contribution in [3.05, 3.63) is 71.4 Å². The number of phosphoric acid groups is 2.